The number of carboxylic acids is 1. The van der Waals surface area contributed by atoms with Crippen LogP contribution in [-0.4, -0.2) is 66.1 Å². The van der Waals surface area contributed by atoms with Crippen LogP contribution < -0.4 is 10.6 Å². The van der Waals surface area contributed by atoms with Gasteiger partial charge < -0.3 is 29.4 Å². The fraction of sp³-hybridized carbons (Fsp3) is 0.292. The van der Waals surface area contributed by atoms with E-state index in [1.807, 2.05) is 0 Å². The van der Waals surface area contributed by atoms with Crippen molar-refractivity contribution in [1.29, 1.82) is 0 Å². The van der Waals surface area contributed by atoms with E-state index in [2.05, 4.69) is 15.6 Å². The third-order valence-electron chi connectivity index (χ3n) is 4.90. The van der Waals surface area contributed by atoms with Crippen LogP contribution in [0.15, 0.2) is 53.2 Å². The van der Waals surface area contributed by atoms with Crippen LogP contribution in [0.25, 0.3) is 11.3 Å². The first-order valence-corrected chi connectivity index (χ1v) is 11.7. The van der Waals surface area contributed by atoms with Crippen LogP contribution in [0.5, 0.6) is 0 Å². The number of amides is 1. The molecule has 0 bridgehead atoms. The fourth-order valence-corrected chi connectivity index (χ4v) is 3.52. The number of aromatic carboxylic acids is 1. The molecular weight excluding hydrogens is 513 g/mol. The lowest BCUT2D eigenvalue weighted by atomic mass is 10.2. The molecule has 1 amide bonds. The number of hydrogen-bond donors (Lipinski definition) is 4. The molecule has 0 aliphatic carbocycles. The minimum atomic E-state index is -1.22. The number of aliphatic hydroxyl groups excluding tert-OH is 1. The number of rotatable bonds is 14. The second kappa shape index (κ2) is 13.9. The molecule has 0 saturated heterocycles. The number of pyridine rings is 1. The maximum absolute atomic E-state index is 13.0. The average Bonchev–Trinajstić information content (AvgIpc) is 3.33. The molecule has 1 unspecified atom stereocenters. The Bertz CT molecular complexity index is 1170. The van der Waals surface area contributed by atoms with Crippen molar-refractivity contribution < 1.29 is 33.7 Å². The van der Waals surface area contributed by atoms with Gasteiger partial charge in [-0.05, 0) is 36.4 Å². The number of nitrogens with one attached hydrogen (secondary N) is 2. The summed E-state index contributed by atoms with van der Waals surface area (Å²) >= 11 is 12.3. The summed E-state index contributed by atoms with van der Waals surface area (Å²) in [7, 11) is 0. The number of halogens is 2. The van der Waals surface area contributed by atoms with Crippen molar-refractivity contribution in [2.24, 2.45) is 0 Å². The Morgan fingerprint density at radius 1 is 1.08 bits per heavy atom. The van der Waals surface area contributed by atoms with Gasteiger partial charge in [0, 0.05) is 23.0 Å². The van der Waals surface area contributed by atoms with Crippen LogP contribution in [0.3, 0.4) is 0 Å². The predicted molar refractivity (Wildman–Crippen MR) is 133 cm³/mol. The van der Waals surface area contributed by atoms with Crippen LogP contribution in [-0.2, 0) is 20.8 Å². The molecule has 0 aliphatic heterocycles. The molecule has 3 aromatic rings. The highest BCUT2D eigenvalue weighted by Crippen LogP contribution is 2.31. The van der Waals surface area contributed by atoms with Crippen molar-refractivity contribution in [3.05, 3.63) is 70.2 Å². The first-order chi connectivity index (χ1) is 17.4. The van der Waals surface area contributed by atoms with E-state index in [1.165, 1.54) is 12.3 Å². The van der Waals surface area contributed by atoms with Crippen LogP contribution in [0.2, 0.25) is 10.0 Å². The summed E-state index contributed by atoms with van der Waals surface area (Å²) in [6.45, 7) is 0.654. The highest BCUT2D eigenvalue weighted by Gasteiger charge is 2.22. The summed E-state index contributed by atoms with van der Waals surface area (Å²) in [5, 5.41) is 24.8. The number of carboxylic acid groups (broad SMARTS) is 1. The number of carbonyl (C=O) groups excluding carboxylic acids is 1. The van der Waals surface area contributed by atoms with Crippen molar-refractivity contribution in [1.82, 2.24) is 10.3 Å². The third-order valence-corrected chi connectivity index (χ3v) is 5.46. The number of anilines is 1. The Morgan fingerprint density at radius 2 is 1.89 bits per heavy atom. The van der Waals surface area contributed by atoms with Crippen LogP contribution >= 0.6 is 23.2 Å². The second-order valence-electron chi connectivity index (χ2n) is 7.45. The molecule has 0 aliphatic rings. The van der Waals surface area contributed by atoms with Gasteiger partial charge >= 0.3 is 5.97 Å². The molecule has 0 radical (unpaired) electrons. The van der Waals surface area contributed by atoms with Gasteiger partial charge in [-0.25, -0.2) is 4.79 Å². The van der Waals surface area contributed by atoms with Gasteiger partial charge in [0.05, 0.1) is 50.3 Å². The standard InChI is InChI=1S/C24H25Cl2N3O7/c25-15-1-3-19(26)17(11-15)22-4-2-16(36-22)12-28-21(14-35-10-9-34-8-7-30)23(31)29-20-5-6-27-13-18(20)24(32)33/h1-6,11,13,21,28,30H,7-10,12,14H2,(H,32,33)(H,27,29,31). The number of ether oxygens (including phenoxy) is 2. The Labute approximate surface area is 217 Å². The number of aromatic nitrogens is 1. The summed E-state index contributed by atoms with van der Waals surface area (Å²) in [5.41, 5.74) is 0.600. The molecule has 36 heavy (non-hydrogen) atoms. The van der Waals surface area contributed by atoms with Gasteiger partial charge in [-0.1, -0.05) is 23.2 Å². The van der Waals surface area contributed by atoms with Gasteiger partial charge in [0.2, 0.25) is 5.91 Å². The average molecular weight is 538 g/mol. The predicted octanol–water partition coefficient (Wildman–Crippen LogP) is 3.47. The van der Waals surface area contributed by atoms with Crippen molar-refractivity contribution in [3.63, 3.8) is 0 Å². The maximum atomic E-state index is 13.0. The Morgan fingerprint density at radius 3 is 2.67 bits per heavy atom. The summed E-state index contributed by atoms with van der Waals surface area (Å²) in [5.74, 6) is -0.687. The van der Waals surface area contributed by atoms with Crippen molar-refractivity contribution in [2.75, 3.05) is 38.4 Å². The number of hydrogen-bond acceptors (Lipinski definition) is 8. The van der Waals surface area contributed by atoms with Gasteiger partial charge in [0.1, 0.15) is 23.1 Å². The molecule has 0 spiro atoms. The van der Waals surface area contributed by atoms with E-state index in [0.29, 0.717) is 27.1 Å². The van der Waals surface area contributed by atoms with E-state index in [0.717, 1.165) is 6.20 Å². The molecule has 3 rings (SSSR count). The molecule has 192 valence electrons. The summed E-state index contributed by atoms with van der Waals surface area (Å²) in [6.07, 6.45) is 2.53. The molecule has 0 fully saturated rings. The third kappa shape index (κ3) is 8.02. The topological polar surface area (TPSA) is 143 Å². The van der Waals surface area contributed by atoms with Crippen LogP contribution in [0, 0.1) is 0 Å². The highest BCUT2D eigenvalue weighted by molar-refractivity contribution is 6.35. The fourth-order valence-electron chi connectivity index (χ4n) is 3.13. The zero-order valence-electron chi connectivity index (χ0n) is 19.1. The summed E-state index contributed by atoms with van der Waals surface area (Å²) in [4.78, 5) is 28.2. The monoisotopic (exact) mass is 537 g/mol. The molecular formula is C24H25Cl2N3O7. The molecule has 12 heteroatoms. The van der Waals surface area contributed by atoms with Crippen LogP contribution in [0.1, 0.15) is 16.1 Å². The molecule has 4 N–H and O–H groups in total. The van der Waals surface area contributed by atoms with Gasteiger partial charge in [-0.3, -0.25) is 15.1 Å². The summed E-state index contributed by atoms with van der Waals surface area (Å²) in [6, 6.07) is 9.06. The van der Waals surface area contributed by atoms with Crippen molar-refractivity contribution in [2.45, 2.75) is 12.6 Å². The lowest BCUT2D eigenvalue weighted by Crippen LogP contribution is -2.44. The SMILES string of the molecule is O=C(O)c1cnccc1NC(=O)C(COCCOCCO)NCc1ccc(-c2cc(Cl)ccc2Cl)o1. The molecule has 10 nitrogen and oxygen atoms in total. The number of benzene rings is 1. The van der Waals surface area contributed by atoms with Crippen molar-refractivity contribution in [3.8, 4) is 11.3 Å². The van der Waals surface area contributed by atoms with Gasteiger partial charge in [0.15, 0.2) is 0 Å². The second-order valence-corrected chi connectivity index (χ2v) is 8.29. The van der Waals surface area contributed by atoms with Gasteiger partial charge in [-0.2, -0.15) is 0 Å². The minimum Gasteiger partial charge on any atom is -0.478 e. The first-order valence-electron chi connectivity index (χ1n) is 10.9. The molecule has 2 aromatic heterocycles. The zero-order valence-corrected chi connectivity index (χ0v) is 20.6. The van der Waals surface area contributed by atoms with Gasteiger partial charge in [-0.15, -0.1) is 0 Å². The van der Waals surface area contributed by atoms with E-state index in [4.69, 9.17) is 42.2 Å². The lowest BCUT2D eigenvalue weighted by molar-refractivity contribution is -0.119. The van der Waals surface area contributed by atoms with E-state index in [9.17, 15) is 14.7 Å². The van der Waals surface area contributed by atoms with E-state index < -0.39 is 17.9 Å². The minimum absolute atomic E-state index is 0.0322. The smallest absolute Gasteiger partial charge is 0.339 e. The van der Waals surface area contributed by atoms with E-state index in [1.54, 1.807) is 30.3 Å². The Kier molecular flexibility index (Phi) is 10.7. The molecule has 1 aromatic carbocycles. The Hall–Kier alpha value is -2.99. The van der Waals surface area contributed by atoms with E-state index in [-0.39, 0.29) is 50.8 Å². The number of carbonyl (C=O) groups is 2. The van der Waals surface area contributed by atoms with Crippen LogP contribution in [0.4, 0.5) is 5.69 Å². The quantitative estimate of drug-likeness (QED) is 0.227. The largest absolute Gasteiger partial charge is 0.478 e. The number of aliphatic hydroxyl groups is 1. The number of nitrogens with zero attached hydrogens (tertiary/aromatic N) is 1. The van der Waals surface area contributed by atoms with E-state index >= 15 is 0 Å². The van der Waals surface area contributed by atoms with Gasteiger partial charge in [0.25, 0.3) is 0 Å². The first kappa shape index (κ1) is 27.6. The van der Waals surface area contributed by atoms with Crippen molar-refractivity contribution >= 4 is 40.8 Å². The molecule has 0 saturated carbocycles. The maximum Gasteiger partial charge on any atom is 0.339 e. The molecule has 2 heterocycles. The highest BCUT2D eigenvalue weighted by atomic mass is 35.5. The zero-order chi connectivity index (χ0) is 25.9. The molecule has 1 atom stereocenters. The Balaban J connectivity index is 1.67. The number of furan rings is 1. The normalized spacial score (nSPS) is 11.9. The lowest BCUT2D eigenvalue weighted by Gasteiger charge is -2.19. The summed E-state index contributed by atoms with van der Waals surface area (Å²) < 4.78 is 16.6.